The first-order chi connectivity index (χ1) is 17.4. The minimum absolute atomic E-state index is 0.138. The third-order valence-electron chi connectivity index (χ3n) is 6.59. The van der Waals surface area contributed by atoms with E-state index < -0.39 is 17.7 Å². The van der Waals surface area contributed by atoms with Crippen molar-refractivity contribution in [3.8, 4) is 5.75 Å². The number of hydrogen-bond donors (Lipinski definition) is 1. The van der Waals surface area contributed by atoms with E-state index in [-0.39, 0.29) is 11.3 Å². The minimum atomic E-state index is -0.646. The third-order valence-corrected chi connectivity index (χ3v) is 7.51. The van der Waals surface area contributed by atoms with Gasteiger partial charge in [0.25, 0.3) is 11.7 Å². The molecule has 188 valence electrons. The molecule has 4 rings (SSSR count). The lowest BCUT2D eigenvalue weighted by Crippen LogP contribution is -2.37. The molecule has 0 radical (unpaired) electrons. The minimum Gasteiger partial charge on any atom is -0.507 e. The molecule has 1 unspecified atom stereocenters. The fraction of sp³-hybridized carbons (Fsp3) is 0.310. The average molecular weight is 505 g/mol. The van der Waals surface area contributed by atoms with Gasteiger partial charge < -0.3 is 19.6 Å². The summed E-state index contributed by atoms with van der Waals surface area (Å²) in [6.07, 6.45) is 0. The summed E-state index contributed by atoms with van der Waals surface area (Å²) in [6, 6.07) is 18.4. The number of benzene rings is 2. The molecule has 1 fully saturated rings. The Bertz CT molecular complexity index is 1230. The van der Waals surface area contributed by atoms with E-state index in [0.29, 0.717) is 31.0 Å². The van der Waals surface area contributed by atoms with Crippen LogP contribution >= 0.6 is 11.3 Å². The Morgan fingerprint density at radius 3 is 2.44 bits per heavy atom. The second-order valence-electron chi connectivity index (χ2n) is 8.79. The zero-order valence-electron chi connectivity index (χ0n) is 20.9. The number of likely N-dealkylation sites (tertiary alicyclic amines) is 1. The molecule has 36 heavy (non-hydrogen) atoms. The Hall–Kier alpha value is -3.42. The summed E-state index contributed by atoms with van der Waals surface area (Å²) in [7, 11) is 0. The lowest BCUT2D eigenvalue weighted by atomic mass is 9.98. The molecule has 7 heteroatoms. The number of amides is 1. The van der Waals surface area contributed by atoms with Crippen LogP contribution in [0.25, 0.3) is 5.76 Å². The largest absolute Gasteiger partial charge is 0.507 e. The van der Waals surface area contributed by atoms with Gasteiger partial charge >= 0.3 is 0 Å². The van der Waals surface area contributed by atoms with E-state index in [1.54, 1.807) is 23.1 Å². The van der Waals surface area contributed by atoms with Crippen LogP contribution < -0.4 is 4.74 Å². The first kappa shape index (κ1) is 25.7. The van der Waals surface area contributed by atoms with Gasteiger partial charge in [0, 0.05) is 23.5 Å². The second-order valence-corrected chi connectivity index (χ2v) is 9.77. The molecule has 0 bridgehead atoms. The van der Waals surface area contributed by atoms with Gasteiger partial charge in [0.05, 0.1) is 11.6 Å². The first-order valence-corrected chi connectivity index (χ1v) is 13.1. The number of aliphatic hydroxyl groups is 1. The van der Waals surface area contributed by atoms with Crippen molar-refractivity contribution in [1.29, 1.82) is 0 Å². The molecule has 0 spiro atoms. The van der Waals surface area contributed by atoms with Crippen LogP contribution in [0.2, 0.25) is 0 Å². The molecular weight excluding hydrogens is 472 g/mol. The van der Waals surface area contributed by atoms with Crippen LogP contribution in [-0.4, -0.2) is 52.8 Å². The van der Waals surface area contributed by atoms with Crippen molar-refractivity contribution in [2.45, 2.75) is 33.4 Å². The highest BCUT2D eigenvalue weighted by atomic mass is 32.1. The van der Waals surface area contributed by atoms with Crippen molar-refractivity contribution in [1.82, 2.24) is 9.80 Å². The number of hydrogen-bond acceptors (Lipinski definition) is 6. The quantitative estimate of drug-likeness (QED) is 0.227. The predicted molar refractivity (Wildman–Crippen MR) is 143 cm³/mol. The number of Topliss-reactive ketones (excluding diaryl/α,β-unsaturated/α-hetero) is 1. The van der Waals surface area contributed by atoms with E-state index in [2.05, 4.69) is 18.7 Å². The summed E-state index contributed by atoms with van der Waals surface area (Å²) in [6.45, 7) is 9.28. The number of carbonyl (C=O) groups excluding carboxylic acids is 2. The summed E-state index contributed by atoms with van der Waals surface area (Å²) >= 11 is 1.48. The van der Waals surface area contributed by atoms with E-state index in [9.17, 15) is 14.7 Å². The van der Waals surface area contributed by atoms with Crippen LogP contribution in [-0.2, 0) is 16.2 Å². The Morgan fingerprint density at radius 1 is 1.06 bits per heavy atom. The number of thiophene rings is 1. The van der Waals surface area contributed by atoms with E-state index in [1.165, 1.54) is 11.3 Å². The Balaban J connectivity index is 1.64. The normalized spacial score (nSPS) is 17.2. The van der Waals surface area contributed by atoms with Crippen molar-refractivity contribution in [3.05, 3.63) is 93.2 Å². The summed E-state index contributed by atoms with van der Waals surface area (Å²) in [4.78, 5) is 30.9. The van der Waals surface area contributed by atoms with Gasteiger partial charge in [0.2, 0.25) is 0 Å². The molecule has 2 aromatic carbocycles. The van der Waals surface area contributed by atoms with Crippen LogP contribution in [0.1, 0.15) is 41.5 Å². The van der Waals surface area contributed by atoms with Crippen molar-refractivity contribution in [3.63, 3.8) is 0 Å². The fourth-order valence-electron chi connectivity index (χ4n) is 4.49. The number of aliphatic hydroxyl groups excluding tert-OH is 1. The van der Waals surface area contributed by atoms with E-state index in [1.807, 2.05) is 54.8 Å². The van der Waals surface area contributed by atoms with Gasteiger partial charge in [-0.15, -0.1) is 11.3 Å². The predicted octanol–water partition coefficient (Wildman–Crippen LogP) is 5.40. The van der Waals surface area contributed by atoms with Crippen molar-refractivity contribution >= 4 is 28.8 Å². The lowest BCUT2D eigenvalue weighted by Gasteiger charge is -2.27. The molecule has 3 aromatic rings. The van der Waals surface area contributed by atoms with Gasteiger partial charge in [-0.05, 0) is 60.8 Å². The lowest BCUT2D eigenvalue weighted by molar-refractivity contribution is -0.140. The number of nitrogens with zero attached hydrogens (tertiary/aromatic N) is 2. The first-order valence-electron chi connectivity index (χ1n) is 12.3. The van der Waals surface area contributed by atoms with Crippen molar-refractivity contribution in [2.24, 2.45) is 0 Å². The molecule has 2 heterocycles. The number of likely N-dealkylation sites (N-methyl/N-ethyl adjacent to an activating group) is 1. The van der Waals surface area contributed by atoms with Gasteiger partial charge in [-0.25, -0.2) is 0 Å². The van der Waals surface area contributed by atoms with Crippen molar-refractivity contribution in [2.75, 3.05) is 26.2 Å². The van der Waals surface area contributed by atoms with Crippen LogP contribution in [0.3, 0.4) is 0 Å². The molecule has 1 aliphatic heterocycles. The van der Waals surface area contributed by atoms with Gasteiger partial charge in [0.15, 0.2) is 0 Å². The van der Waals surface area contributed by atoms with Gasteiger partial charge in [-0.3, -0.25) is 9.59 Å². The molecule has 1 atom stereocenters. The number of carbonyl (C=O) groups is 2. The number of ketones is 1. The van der Waals surface area contributed by atoms with Gasteiger partial charge in [0.1, 0.15) is 18.1 Å². The molecular formula is C29H32N2O4S. The number of ether oxygens (including phenoxy) is 1. The number of rotatable bonds is 10. The fourth-order valence-corrected chi connectivity index (χ4v) is 5.34. The highest BCUT2D eigenvalue weighted by Gasteiger charge is 2.46. The topological polar surface area (TPSA) is 70.1 Å². The molecule has 0 saturated carbocycles. The van der Waals surface area contributed by atoms with Gasteiger partial charge in [-0.1, -0.05) is 50.2 Å². The highest BCUT2D eigenvalue weighted by molar-refractivity contribution is 7.10. The van der Waals surface area contributed by atoms with E-state index in [4.69, 9.17) is 4.74 Å². The zero-order valence-corrected chi connectivity index (χ0v) is 21.8. The Kier molecular flexibility index (Phi) is 8.23. The highest BCUT2D eigenvalue weighted by Crippen LogP contribution is 2.41. The second kappa shape index (κ2) is 11.5. The monoisotopic (exact) mass is 504 g/mol. The van der Waals surface area contributed by atoms with E-state index >= 15 is 0 Å². The van der Waals surface area contributed by atoms with Crippen molar-refractivity contribution < 1.29 is 19.4 Å². The maximum atomic E-state index is 13.2. The molecule has 1 saturated heterocycles. The molecule has 1 aliphatic rings. The third kappa shape index (κ3) is 5.37. The Morgan fingerprint density at radius 2 is 1.81 bits per heavy atom. The molecule has 1 N–H and O–H groups in total. The van der Waals surface area contributed by atoms with Gasteiger partial charge in [-0.2, -0.15) is 0 Å². The summed E-state index contributed by atoms with van der Waals surface area (Å²) in [5.41, 5.74) is 2.52. The molecule has 0 aliphatic carbocycles. The maximum absolute atomic E-state index is 13.2. The SMILES string of the molecule is CCN(CC)CCN1C(=O)C(=O)/C(=C(/O)c2ccc(OCc3ccccc3)c(C)c2)C1c1cccs1. The Labute approximate surface area is 216 Å². The zero-order chi connectivity index (χ0) is 25.7. The van der Waals surface area contributed by atoms with Crippen LogP contribution in [0, 0.1) is 6.92 Å². The number of aryl methyl sites for hydroxylation is 1. The molecule has 1 aromatic heterocycles. The summed E-state index contributed by atoms with van der Waals surface area (Å²) in [5, 5.41) is 13.2. The molecule has 6 nitrogen and oxygen atoms in total. The smallest absolute Gasteiger partial charge is 0.295 e. The maximum Gasteiger partial charge on any atom is 0.295 e. The average Bonchev–Trinajstić information content (AvgIpc) is 3.51. The van der Waals surface area contributed by atoms with E-state index in [0.717, 1.165) is 29.1 Å². The van der Waals surface area contributed by atoms with Crippen LogP contribution in [0.5, 0.6) is 5.75 Å². The van der Waals surface area contributed by atoms with Crippen LogP contribution in [0.15, 0.2) is 71.6 Å². The summed E-state index contributed by atoms with van der Waals surface area (Å²) in [5.74, 6) is -0.672. The molecule has 1 amide bonds. The standard InChI is InChI=1S/C29H32N2O4S/c1-4-30(5-2)15-16-31-26(24-12-9-17-36-24)25(28(33)29(31)34)27(32)22-13-14-23(20(3)18-22)35-19-21-10-7-6-8-11-21/h6-14,17-18,26,32H,4-5,15-16,19H2,1-3H3/b27-25+. The summed E-state index contributed by atoms with van der Waals surface area (Å²) < 4.78 is 5.96. The van der Waals surface area contributed by atoms with Crippen LogP contribution in [0.4, 0.5) is 0 Å².